The Bertz CT molecular complexity index is 732. The summed E-state index contributed by atoms with van der Waals surface area (Å²) in [7, 11) is 0. The Labute approximate surface area is 314 Å². The Hall–Kier alpha value is -1.58. The molecule has 0 aliphatic rings. The Kier molecular flexibility index (Phi) is 45.9. The third-order valence-electron chi connectivity index (χ3n) is 10.1. The molecule has 2 amide bonds. The van der Waals surface area contributed by atoms with Crippen molar-refractivity contribution in [2.24, 2.45) is 17.4 Å². The van der Waals surface area contributed by atoms with E-state index in [0.717, 1.165) is 32.1 Å². The molecule has 50 heavy (non-hydrogen) atoms. The summed E-state index contributed by atoms with van der Waals surface area (Å²) in [5.41, 5.74) is 10.5. The first-order valence-corrected chi connectivity index (χ1v) is 22.4. The molecule has 0 heterocycles. The minimum absolute atomic E-state index is 0.101. The maximum atomic E-state index is 11.2. The van der Waals surface area contributed by atoms with E-state index in [9.17, 15) is 9.59 Å². The summed E-state index contributed by atoms with van der Waals surface area (Å²) < 4.78 is 0. The van der Waals surface area contributed by atoms with Crippen LogP contribution < -0.4 is 11.5 Å². The molecule has 0 bridgehead atoms. The lowest BCUT2D eigenvalue weighted by Gasteiger charge is -2.09. The largest absolute Gasteiger partial charge is 0.370 e. The molecule has 0 saturated heterocycles. The molecule has 0 aliphatic carbocycles. The highest BCUT2D eigenvalue weighted by Gasteiger charge is 2.11. The number of hydrogen-bond acceptors (Lipinski definition) is 2. The van der Waals surface area contributed by atoms with E-state index in [4.69, 9.17) is 11.5 Å². The second-order valence-electron chi connectivity index (χ2n) is 15.2. The van der Waals surface area contributed by atoms with Gasteiger partial charge in [-0.2, -0.15) is 0 Å². The second-order valence-corrected chi connectivity index (χ2v) is 15.2. The molecule has 0 fully saturated rings. The summed E-state index contributed by atoms with van der Waals surface area (Å²) >= 11 is 0. The summed E-state index contributed by atoms with van der Waals surface area (Å²) in [5.74, 6) is -0.173. The first-order chi connectivity index (χ1) is 24.5. The van der Waals surface area contributed by atoms with Gasteiger partial charge in [0.25, 0.3) is 0 Å². The molecule has 0 saturated carbocycles. The summed E-state index contributed by atoms with van der Waals surface area (Å²) in [4.78, 5) is 21.8. The van der Waals surface area contributed by atoms with Crippen LogP contribution in [-0.4, -0.2) is 11.8 Å². The van der Waals surface area contributed by atoms with Crippen molar-refractivity contribution in [3.05, 3.63) is 24.3 Å². The molecule has 4 nitrogen and oxygen atoms in total. The van der Waals surface area contributed by atoms with Crippen LogP contribution in [0, 0.1) is 5.92 Å². The van der Waals surface area contributed by atoms with Crippen molar-refractivity contribution >= 4 is 11.8 Å². The van der Waals surface area contributed by atoms with E-state index >= 15 is 0 Å². The van der Waals surface area contributed by atoms with Crippen LogP contribution in [0.4, 0.5) is 0 Å². The molecule has 0 aliphatic heterocycles. The fraction of sp³-hybridized carbons (Fsp3) is 0.870. The Morgan fingerprint density at radius 3 is 0.960 bits per heavy atom. The predicted octanol–water partition coefficient (Wildman–Crippen LogP) is 14.8. The molecule has 0 aromatic rings. The monoisotopic (exact) mass is 703 g/mol. The van der Waals surface area contributed by atoms with Gasteiger partial charge in [-0.1, -0.05) is 199 Å². The van der Waals surface area contributed by atoms with Crippen LogP contribution in [0.15, 0.2) is 24.3 Å². The fourth-order valence-corrected chi connectivity index (χ4v) is 6.62. The number of carbonyl (C=O) groups is 2. The molecule has 0 aromatic carbocycles. The van der Waals surface area contributed by atoms with E-state index < -0.39 is 0 Å². The number of hydrogen-bond donors (Lipinski definition) is 2. The van der Waals surface area contributed by atoms with E-state index in [1.165, 1.54) is 193 Å². The van der Waals surface area contributed by atoms with Gasteiger partial charge in [0.15, 0.2) is 0 Å². The zero-order chi connectivity index (χ0) is 37.0. The van der Waals surface area contributed by atoms with Gasteiger partial charge in [-0.3, -0.25) is 9.59 Å². The molecular formula is C46H90N2O2. The summed E-state index contributed by atoms with van der Waals surface area (Å²) in [6, 6.07) is 0. The van der Waals surface area contributed by atoms with Gasteiger partial charge < -0.3 is 11.5 Å². The van der Waals surface area contributed by atoms with Crippen LogP contribution in [-0.2, 0) is 9.59 Å². The van der Waals surface area contributed by atoms with E-state index in [-0.39, 0.29) is 17.7 Å². The highest BCUT2D eigenvalue weighted by Crippen LogP contribution is 2.16. The average Bonchev–Trinajstić information content (AvgIpc) is 3.10. The standard InChI is InChI=1S/C24H47NO.C22H43NO/c1-3-5-6-7-8-9-10-11-12-13-14-15-16-17-18-19-20-21-22-23(4-2)24(25)26;1-2-3-4-5-6-7-8-9-10-11-12-13-14-15-16-17-18-19-20-21-22(23)24/h11-12,23H,3-10,13-22H2,1-2H3,(H2,25,26);9-10H,2-8,11-21H2,1H3,(H2,23,24)/b12-11-;10-9-. The zero-order valence-electron chi connectivity index (χ0n) is 34.3. The van der Waals surface area contributed by atoms with Crippen LogP contribution in [0.5, 0.6) is 0 Å². The first kappa shape index (κ1) is 50.5. The quantitative estimate of drug-likeness (QED) is 0.0493. The number of unbranched alkanes of at least 4 members (excludes halogenated alkanes) is 29. The molecule has 0 radical (unpaired) electrons. The van der Waals surface area contributed by atoms with E-state index in [0.29, 0.717) is 6.42 Å². The molecule has 0 aromatic heterocycles. The maximum Gasteiger partial charge on any atom is 0.220 e. The van der Waals surface area contributed by atoms with Crippen molar-refractivity contribution < 1.29 is 9.59 Å². The molecule has 0 spiro atoms. The van der Waals surface area contributed by atoms with E-state index in [1.54, 1.807) is 0 Å². The lowest BCUT2D eigenvalue weighted by molar-refractivity contribution is -0.122. The number of amides is 2. The first-order valence-electron chi connectivity index (χ1n) is 22.4. The van der Waals surface area contributed by atoms with Crippen molar-refractivity contribution in [3.63, 3.8) is 0 Å². The molecule has 1 atom stereocenters. The maximum absolute atomic E-state index is 11.2. The van der Waals surface area contributed by atoms with Crippen molar-refractivity contribution in [3.8, 4) is 0 Å². The van der Waals surface area contributed by atoms with Crippen molar-refractivity contribution in [1.29, 1.82) is 0 Å². The average molecular weight is 703 g/mol. The third-order valence-corrected chi connectivity index (χ3v) is 10.1. The second kappa shape index (κ2) is 45.4. The molecule has 296 valence electrons. The van der Waals surface area contributed by atoms with Gasteiger partial charge >= 0.3 is 0 Å². The number of primary amides is 2. The molecule has 4 heteroatoms. The Morgan fingerprint density at radius 1 is 0.400 bits per heavy atom. The van der Waals surface area contributed by atoms with Gasteiger partial charge in [0, 0.05) is 12.3 Å². The van der Waals surface area contributed by atoms with Crippen LogP contribution in [0.1, 0.15) is 252 Å². The van der Waals surface area contributed by atoms with Crippen LogP contribution in [0.25, 0.3) is 0 Å². The topological polar surface area (TPSA) is 86.2 Å². The van der Waals surface area contributed by atoms with Gasteiger partial charge in [-0.15, -0.1) is 0 Å². The minimum atomic E-state index is -0.156. The number of allylic oxidation sites excluding steroid dienone is 4. The van der Waals surface area contributed by atoms with Crippen LogP contribution in [0.2, 0.25) is 0 Å². The van der Waals surface area contributed by atoms with Crippen LogP contribution >= 0.6 is 0 Å². The predicted molar refractivity (Wildman–Crippen MR) is 223 cm³/mol. The van der Waals surface area contributed by atoms with Gasteiger partial charge in [0.2, 0.25) is 11.8 Å². The third kappa shape index (κ3) is 46.4. The molecule has 1 unspecified atom stereocenters. The lowest BCUT2D eigenvalue weighted by atomic mass is 9.97. The number of rotatable bonds is 39. The van der Waals surface area contributed by atoms with Gasteiger partial charge in [0.05, 0.1) is 0 Å². The smallest absolute Gasteiger partial charge is 0.220 e. The van der Waals surface area contributed by atoms with Crippen molar-refractivity contribution in [1.82, 2.24) is 0 Å². The summed E-state index contributed by atoms with van der Waals surface area (Å²) in [6.45, 7) is 6.61. The Morgan fingerprint density at radius 2 is 0.680 bits per heavy atom. The summed E-state index contributed by atoms with van der Waals surface area (Å²) in [6.07, 6.45) is 56.0. The lowest BCUT2D eigenvalue weighted by Crippen LogP contribution is -2.22. The number of carbonyl (C=O) groups excluding carboxylic acids is 2. The number of nitrogens with two attached hydrogens (primary N) is 2. The van der Waals surface area contributed by atoms with E-state index in [1.807, 2.05) is 0 Å². The fourth-order valence-electron chi connectivity index (χ4n) is 6.62. The zero-order valence-corrected chi connectivity index (χ0v) is 34.3. The van der Waals surface area contributed by atoms with Crippen LogP contribution in [0.3, 0.4) is 0 Å². The van der Waals surface area contributed by atoms with Crippen molar-refractivity contribution in [2.45, 2.75) is 252 Å². The van der Waals surface area contributed by atoms with Gasteiger partial charge in [-0.05, 0) is 70.6 Å². The molecule has 0 rings (SSSR count). The van der Waals surface area contributed by atoms with Gasteiger partial charge in [-0.25, -0.2) is 0 Å². The SMILES string of the molecule is CCCCCCCC/C=C\CCCCCCCCCCC(CC)C(N)=O.CCCCCCCC/C=C\CCCCCCCCCCCC(N)=O. The minimum Gasteiger partial charge on any atom is -0.370 e. The Balaban J connectivity index is 0. The van der Waals surface area contributed by atoms with E-state index in [2.05, 4.69) is 45.1 Å². The summed E-state index contributed by atoms with van der Waals surface area (Å²) in [5, 5.41) is 0. The highest BCUT2D eigenvalue weighted by molar-refractivity contribution is 5.76. The van der Waals surface area contributed by atoms with Crippen molar-refractivity contribution in [2.75, 3.05) is 0 Å². The highest BCUT2D eigenvalue weighted by atomic mass is 16.1. The molecule has 4 N–H and O–H groups in total. The molecular weight excluding hydrogens is 613 g/mol. The van der Waals surface area contributed by atoms with Gasteiger partial charge in [0.1, 0.15) is 0 Å². The normalized spacial score (nSPS) is 12.1.